The lowest BCUT2D eigenvalue weighted by Crippen LogP contribution is -2.11. The molecule has 0 bridgehead atoms. The summed E-state index contributed by atoms with van der Waals surface area (Å²) in [5.41, 5.74) is 1.24. The monoisotopic (exact) mass is 323 g/mol. The van der Waals surface area contributed by atoms with Crippen LogP contribution in [-0.2, 0) is 10.0 Å². The van der Waals surface area contributed by atoms with Crippen LogP contribution in [0.3, 0.4) is 0 Å². The van der Waals surface area contributed by atoms with Crippen LogP contribution in [0.2, 0.25) is 0 Å². The number of anilines is 2. The van der Waals surface area contributed by atoms with E-state index in [0.29, 0.717) is 16.3 Å². The highest BCUT2D eigenvalue weighted by Crippen LogP contribution is 2.28. The summed E-state index contributed by atoms with van der Waals surface area (Å²) in [5, 5.41) is 8.67. The Bertz CT molecular complexity index is 905. The lowest BCUT2D eigenvalue weighted by molar-refractivity contribution is 0.598. The second kappa shape index (κ2) is 5.06. The van der Waals surface area contributed by atoms with Gasteiger partial charge in [0.05, 0.1) is 15.1 Å². The van der Waals surface area contributed by atoms with Gasteiger partial charge in [0.1, 0.15) is 5.82 Å². The van der Waals surface area contributed by atoms with Gasteiger partial charge in [0, 0.05) is 11.8 Å². The van der Waals surface area contributed by atoms with Gasteiger partial charge in [0.25, 0.3) is 0 Å². The molecule has 1 heterocycles. The quantitative estimate of drug-likeness (QED) is 0.776. The van der Waals surface area contributed by atoms with Crippen LogP contribution >= 0.6 is 11.3 Å². The van der Waals surface area contributed by atoms with Gasteiger partial charge in [0.2, 0.25) is 10.0 Å². The van der Waals surface area contributed by atoms with Crippen molar-refractivity contribution in [2.75, 3.05) is 5.32 Å². The predicted octanol–water partition coefficient (Wildman–Crippen LogP) is 2.83. The minimum Gasteiger partial charge on any atom is -0.332 e. The zero-order valence-electron chi connectivity index (χ0n) is 10.6. The first-order valence-corrected chi connectivity index (χ1v) is 8.24. The molecule has 0 amide bonds. The Hall–Kier alpha value is -2.03. The number of hydrogen-bond acceptors (Lipinski definition) is 5. The fourth-order valence-corrected chi connectivity index (χ4v) is 3.19. The Morgan fingerprint density at radius 1 is 1.14 bits per heavy atom. The number of aromatic nitrogens is 1. The standard InChI is InChI=1S/C13H10FN3O2S2/c14-8-1-6-12-11(7-8)17-13(20-12)16-9-2-4-10(5-3-9)21(15,18)19/h1-7H,(H,16,17)(H2,15,18,19). The Kier molecular flexibility index (Phi) is 3.36. The molecule has 3 aromatic rings. The number of primary sulfonamides is 1. The van der Waals surface area contributed by atoms with Crippen molar-refractivity contribution in [2.24, 2.45) is 5.14 Å². The van der Waals surface area contributed by atoms with Crippen LogP contribution < -0.4 is 10.5 Å². The van der Waals surface area contributed by atoms with Gasteiger partial charge < -0.3 is 5.32 Å². The molecule has 3 N–H and O–H groups in total. The second-order valence-corrected chi connectivity index (χ2v) is 6.92. The van der Waals surface area contributed by atoms with Gasteiger partial charge in [0.15, 0.2) is 5.13 Å². The summed E-state index contributed by atoms with van der Waals surface area (Å²) in [6.07, 6.45) is 0. The number of nitrogens with two attached hydrogens (primary N) is 1. The smallest absolute Gasteiger partial charge is 0.238 e. The molecular weight excluding hydrogens is 313 g/mol. The molecule has 108 valence electrons. The molecule has 3 rings (SSSR count). The third kappa shape index (κ3) is 3.02. The molecule has 0 aliphatic carbocycles. The van der Waals surface area contributed by atoms with Crippen molar-refractivity contribution in [3.63, 3.8) is 0 Å². The number of halogens is 1. The van der Waals surface area contributed by atoms with Crippen LogP contribution in [0.25, 0.3) is 10.2 Å². The maximum absolute atomic E-state index is 13.1. The highest BCUT2D eigenvalue weighted by Gasteiger charge is 2.08. The normalized spacial score (nSPS) is 11.7. The summed E-state index contributed by atoms with van der Waals surface area (Å²) in [5.74, 6) is -0.336. The molecule has 0 radical (unpaired) electrons. The van der Waals surface area contributed by atoms with Crippen LogP contribution in [0.4, 0.5) is 15.2 Å². The molecule has 0 aliphatic rings. The van der Waals surface area contributed by atoms with Crippen molar-refractivity contribution in [3.8, 4) is 0 Å². The SMILES string of the molecule is NS(=O)(=O)c1ccc(Nc2nc3cc(F)ccc3s2)cc1. The van der Waals surface area contributed by atoms with Gasteiger partial charge >= 0.3 is 0 Å². The zero-order chi connectivity index (χ0) is 15.0. The fourth-order valence-electron chi connectivity index (χ4n) is 1.81. The summed E-state index contributed by atoms with van der Waals surface area (Å²) in [7, 11) is -3.70. The number of nitrogens with zero attached hydrogens (tertiary/aromatic N) is 1. The maximum atomic E-state index is 13.1. The molecule has 1 aromatic heterocycles. The van der Waals surface area contributed by atoms with Crippen LogP contribution in [0, 0.1) is 5.82 Å². The van der Waals surface area contributed by atoms with E-state index in [0.717, 1.165) is 4.70 Å². The Balaban J connectivity index is 1.88. The molecular formula is C13H10FN3O2S2. The van der Waals surface area contributed by atoms with E-state index >= 15 is 0 Å². The lowest BCUT2D eigenvalue weighted by atomic mass is 10.3. The van der Waals surface area contributed by atoms with E-state index < -0.39 is 10.0 Å². The third-order valence-electron chi connectivity index (χ3n) is 2.78. The first kappa shape index (κ1) is 13.9. The lowest BCUT2D eigenvalue weighted by Gasteiger charge is -2.03. The highest BCUT2D eigenvalue weighted by atomic mass is 32.2. The van der Waals surface area contributed by atoms with Gasteiger partial charge in [-0.05, 0) is 36.4 Å². The molecule has 2 aromatic carbocycles. The number of rotatable bonds is 3. The molecule has 0 atom stereocenters. The summed E-state index contributed by atoms with van der Waals surface area (Å²) >= 11 is 1.38. The maximum Gasteiger partial charge on any atom is 0.238 e. The zero-order valence-corrected chi connectivity index (χ0v) is 12.2. The summed E-state index contributed by atoms with van der Waals surface area (Å²) in [6, 6.07) is 10.4. The molecule has 0 unspecified atom stereocenters. The number of thiazole rings is 1. The van der Waals surface area contributed by atoms with E-state index in [-0.39, 0.29) is 10.7 Å². The van der Waals surface area contributed by atoms with Gasteiger partial charge in [-0.2, -0.15) is 0 Å². The minimum atomic E-state index is -3.70. The first-order chi connectivity index (χ1) is 9.91. The third-order valence-corrected chi connectivity index (χ3v) is 4.66. The van der Waals surface area contributed by atoms with Gasteiger partial charge in [-0.25, -0.2) is 22.9 Å². The summed E-state index contributed by atoms with van der Waals surface area (Å²) in [4.78, 5) is 4.31. The average molecular weight is 323 g/mol. The fraction of sp³-hybridized carbons (Fsp3) is 0. The van der Waals surface area contributed by atoms with Gasteiger partial charge in [-0.3, -0.25) is 0 Å². The first-order valence-electron chi connectivity index (χ1n) is 5.88. The van der Waals surface area contributed by atoms with Crippen LogP contribution in [0.15, 0.2) is 47.4 Å². The minimum absolute atomic E-state index is 0.0411. The molecule has 0 saturated heterocycles. The van der Waals surface area contributed by atoms with Crippen molar-refractivity contribution in [1.82, 2.24) is 4.98 Å². The summed E-state index contributed by atoms with van der Waals surface area (Å²) < 4.78 is 36.3. The summed E-state index contributed by atoms with van der Waals surface area (Å²) in [6.45, 7) is 0. The van der Waals surface area contributed by atoms with E-state index in [4.69, 9.17) is 5.14 Å². The van der Waals surface area contributed by atoms with E-state index in [1.807, 2.05) is 0 Å². The Morgan fingerprint density at radius 2 is 1.86 bits per heavy atom. The Morgan fingerprint density at radius 3 is 2.52 bits per heavy atom. The van der Waals surface area contributed by atoms with Crippen LogP contribution in [-0.4, -0.2) is 13.4 Å². The van der Waals surface area contributed by atoms with Gasteiger partial charge in [-0.15, -0.1) is 0 Å². The molecule has 0 fully saturated rings. The van der Waals surface area contributed by atoms with E-state index in [1.54, 1.807) is 18.2 Å². The van der Waals surface area contributed by atoms with E-state index in [2.05, 4.69) is 10.3 Å². The molecule has 8 heteroatoms. The predicted molar refractivity (Wildman–Crippen MR) is 80.7 cm³/mol. The van der Waals surface area contributed by atoms with Gasteiger partial charge in [-0.1, -0.05) is 11.3 Å². The second-order valence-electron chi connectivity index (χ2n) is 4.33. The van der Waals surface area contributed by atoms with Crippen molar-refractivity contribution in [3.05, 3.63) is 48.3 Å². The Labute approximate surface area is 124 Å². The van der Waals surface area contributed by atoms with Crippen molar-refractivity contribution in [2.45, 2.75) is 4.90 Å². The molecule has 0 spiro atoms. The number of nitrogens with one attached hydrogen (secondary N) is 1. The molecule has 0 aliphatic heterocycles. The van der Waals surface area contributed by atoms with E-state index in [1.165, 1.54) is 35.6 Å². The average Bonchev–Trinajstić information content (AvgIpc) is 2.79. The van der Waals surface area contributed by atoms with Crippen molar-refractivity contribution >= 4 is 42.4 Å². The molecule has 5 nitrogen and oxygen atoms in total. The number of benzene rings is 2. The van der Waals surface area contributed by atoms with Crippen LogP contribution in [0.5, 0.6) is 0 Å². The highest BCUT2D eigenvalue weighted by molar-refractivity contribution is 7.89. The molecule has 0 saturated carbocycles. The van der Waals surface area contributed by atoms with Crippen molar-refractivity contribution in [1.29, 1.82) is 0 Å². The number of hydrogen-bond donors (Lipinski definition) is 2. The van der Waals surface area contributed by atoms with E-state index in [9.17, 15) is 12.8 Å². The van der Waals surface area contributed by atoms with Crippen molar-refractivity contribution < 1.29 is 12.8 Å². The topological polar surface area (TPSA) is 85.1 Å². The number of fused-ring (bicyclic) bond motifs is 1. The largest absolute Gasteiger partial charge is 0.332 e. The van der Waals surface area contributed by atoms with Crippen LogP contribution in [0.1, 0.15) is 0 Å². The molecule has 21 heavy (non-hydrogen) atoms. The number of sulfonamides is 1.